The maximum absolute atomic E-state index is 14.1. The topological polar surface area (TPSA) is 171 Å². The van der Waals surface area contributed by atoms with Gasteiger partial charge >= 0.3 is 18.2 Å². The molecule has 9 rings (SSSR count). The molecule has 404 valence electrons. The molecular formula is C60H74N4O11Si. The number of furan rings is 1. The van der Waals surface area contributed by atoms with Gasteiger partial charge in [-0.15, -0.1) is 0 Å². The summed E-state index contributed by atoms with van der Waals surface area (Å²) < 4.78 is 43.1. The Kier molecular flexibility index (Phi) is 17.8. The Morgan fingerprint density at radius 3 is 2.24 bits per heavy atom. The van der Waals surface area contributed by atoms with Gasteiger partial charge in [0.15, 0.2) is 8.32 Å². The van der Waals surface area contributed by atoms with E-state index in [9.17, 15) is 19.2 Å². The van der Waals surface area contributed by atoms with Crippen molar-refractivity contribution in [1.29, 1.82) is 0 Å². The lowest BCUT2D eigenvalue weighted by Crippen LogP contribution is -2.52. The largest absolute Gasteiger partial charge is 0.487 e. The number of aromatic nitrogens is 1. The van der Waals surface area contributed by atoms with Gasteiger partial charge in [0, 0.05) is 24.5 Å². The zero-order valence-electron chi connectivity index (χ0n) is 45.2. The molecule has 3 atom stereocenters. The lowest BCUT2D eigenvalue weighted by molar-refractivity contribution is -0.0336. The van der Waals surface area contributed by atoms with Crippen molar-refractivity contribution in [3.63, 3.8) is 0 Å². The van der Waals surface area contributed by atoms with E-state index in [2.05, 4.69) is 49.1 Å². The molecular weight excluding hydrogens is 981 g/mol. The van der Waals surface area contributed by atoms with Gasteiger partial charge in [-0.1, -0.05) is 99.6 Å². The van der Waals surface area contributed by atoms with Gasteiger partial charge in [-0.2, -0.15) is 0 Å². The highest BCUT2D eigenvalue weighted by Gasteiger charge is 2.41. The van der Waals surface area contributed by atoms with Gasteiger partial charge in [0.2, 0.25) is 11.3 Å². The molecule has 15 nitrogen and oxygen atoms in total. The molecule has 76 heavy (non-hydrogen) atoms. The number of H-pyrrole nitrogens is 1. The summed E-state index contributed by atoms with van der Waals surface area (Å²) in [6, 6.07) is 36.9. The monoisotopic (exact) mass is 1050 g/mol. The number of carbonyl (C=O) groups excluding carboxylic acids is 3. The van der Waals surface area contributed by atoms with Crippen molar-refractivity contribution in [1.82, 2.24) is 20.1 Å². The zero-order chi connectivity index (χ0) is 54.0. The van der Waals surface area contributed by atoms with Crippen LogP contribution in [0.1, 0.15) is 118 Å². The summed E-state index contributed by atoms with van der Waals surface area (Å²) in [5.41, 5.74) is 3.00. The Morgan fingerprint density at radius 1 is 0.816 bits per heavy atom. The van der Waals surface area contributed by atoms with E-state index in [0.717, 1.165) is 60.1 Å². The number of unbranched alkanes of at least 4 members (excludes halogenated alkanes) is 1. The molecule has 5 heterocycles. The maximum Gasteiger partial charge on any atom is 0.410 e. The number of benzene rings is 4. The normalized spacial score (nSPS) is 17.3. The third-order valence-corrected chi connectivity index (χ3v) is 19.0. The van der Waals surface area contributed by atoms with Crippen molar-refractivity contribution in [3.8, 4) is 11.5 Å². The molecule has 2 amide bonds. The quantitative estimate of drug-likeness (QED) is 0.0303. The summed E-state index contributed by atoms with van der Waals surface area (Å²) in [5.74, 6) is 1.30. The number of alkyl carbamates (subject to hydrolysis) is 1. The molecule has 3 aliphatic heterocycles. The number of amides is 2. The summed E-state index contributed by atoms with van der Waals surface area (Å²) >= 11 is 0. The second-order valence-corrected chi connectivity index (χ2v) is 27.1. The molecule has 3 aliphatic rings. The minimum atomic E-state index is -2.49. The first-order valence-electron chi connectivity index (χ1n) is 26.5. The number of pyridine rings is 1. The predicted molar refractivity (Wildman–Crippen MR) is 294 cm³/mol. The fraction of sp³-hybridized carbons (Fsp3) is 0.433. The number of carbonyl (C=O) groups is 3. The van der Waals surface area contributed by atoms with Crippen molar-refractivity contribution < 1.29 is 46.9 Å². The minimum Gasteiger partial charge on any atom is -0.487 e. The van der Waals surface area contributed by atoms with Crippen molar-refractivity contribution in [2.24, 2.45) is 5.92 Å². The van der Waals surface area contributed by atoms with E-state index in [0.29, 0.717) is 48.1 Å². The first-order chi connectivity index (χ1) is 36.3. The van der Waals surface area contributed by atoms with Gasteiger partial charge in [0.25, 0.3) is 0 Å². The van der Waals surface area contributed by atoms with Crippen molar-refractivity contribution in [2.75, 3.05) is 39.3 Å². The van der Waals surface area contributed by atoms with Crippen LogP contribution in [-0.2, 0) is 31.9 Å². The Hall–Kier alpha value is -6.88. The molecule has 0 radical (unpaired) electrons. The van der Waals surface area contributed by atoms with Crippen LogP contribution in [0.5, 0.6) is 11.5 Å². The predicted octanol–water partition coefficient (Wildman–Crippen LogP) is 12.1. The molecule has 3 fully saturated rings. The summed E-state index contributed by atoms with van der Waals surface area (Å²) in [7, 11) is -2.49. The number of fused-ring (bicyclic) bond motifs is 4. The SMILES string of the molecule is CC(C)(C)OC(=O)N(CCCCOC(=O)c1ccc(COc2cccc(C(NC(=O)OC3CN4CCC3CC4)c3ccccc3)c2)o1)C[C@H](O[Si](C)(C)C(C)(C)C)c1ccc(OCc2ccccc2)c2[nH]c(=O)ccc12. The van der Waals surface area contributed by atoms with Gasteiger partial charge < -0.3 is 47.7 Å². The van der Waals surface area contributed by atoms with Crippen molar-refractivity contribution >= 4 is 37.4 Å². The smallest absolute Gasteiger partial charge is 0.410 e. The second-order valence-electron chi connectivity index (χ2n) is 22.4. The number of rotatable bonds is 21. The fourth-order valence-electron chi connectivity index (χ4n) is 9.38. The van der Waals surface area contributed by atoms with Gasteiger partial charge in [-0.05, 0) is 142 Å². The number of esters is 1. The fourth-order valence-corrected chi connectivity index (χ4v) is 10.6. The van der Waals surface area contributed by atoms with E-state index in [1.165, 1.54) is 6.07 Å². The molecule has 16 heteroatoms. The van der Waals surface area contributed by atoms with Crippen LogP contribution in [0.15, 0.2) is 131 Å². The number of nitrogens with one attached hydrogen (secondary N) is 2. The van der Waals surface area contributed by atoms with Crippen LogP contribution in [0.4, 0.5) is 9.59 Å². The average Bonchev–Trinajstić information content (AvgIpc) is 3.89. The number of hydrogen-bond donors (Lipinski definition) is 2. The first-order valence-corrected chi connectivity index (χ1v) is 29.4. The highest BCUT2D eigenvalue weighted by Crippen LogP contribution is 2.42. The van der Waals surface area contributed by atoms with E-state index >= 15 is 0 Å². The van der Waals surface area contributed by atoms with Crippen LogP contribution in [0, 0.1) is 5.92 Å². The summed E-state index contributed by atoms with van der Waals surface area (Å²) in [6.45, 7) is 20.1. The minimum absolute atomic E-state index is 0.0354. The molecule has 0 saturated carbocycles. The van der Waals surface area contributed by atoms with Gasteiger partial charge in [-0.3, -0.25) is 9.69 Å². The molecule has 6 aromatic rings. The highest BCUT2D eigenvalue weighted by molar-refractivity contribution is 6.74. The number of aromatic amines is 1. The van der Waals surface area contributed by atoms with Gasteiger partial charge in [-0.25, -0.2) is 14.4 Å². The van der Waals surface area contributed by atoms with Gasteiger partial charge in [0.05, 0.1) is 30.8 Å². The van der Waals surface area contributed by atoms with Crippen LogP contribution < -0.4 is 20.3 Å². The molecule has 2 aromatic heterocycles. The Morgan fingerprint density at radius 2 is 1.54 bits per heavy atom. The number of piperidine rings is 3. The second kappa shape index (κ2) is 24.4. The summed E-state index contributed by atoms with van der Waals surface area (Å²) in [5, 5.41) is 3.69. The van der Waals surface area contributed by atoms with E-state index in [4.69, 9.17) is 32.5 Å². The number of hydrogen-bond acceptors (Lipinski definition) is 12. The van der Waals surface area contributed by atoms with Crippen LogP contribution in [0.2, 0.25) is 18.1 Å². The molecule has 2 unspecified atom stereocenters. The van der Waals surface area contributed by atoms with E-state index in [-0.39, 0.29) is 48.8 Å². The first kappa shape index (κ1) is 55.4. The van der Waals surface area contributed by atoms with Crippen LogP contribution >= 0.6 is 0 Å². The zero-order valence-corrected chi connectivity index (χ0v) is 46.2. The van der Waals surface area contributed by atoms with E-state index in [1.807, 2.05) is 118 Å². The molecule has 2 bridgehead atoms. The molecule has 3 saturated heterocycles. The third kappa shape index (κ3) is 14.7. The van der Waals surface area contributed by atoms with Crippen molar-refractivity contribution in [2.45, 2.75) is 122 Å². The molecule has 2 N–H and O–H groups in total. The Bertz CT molecular complexity index is 2960. The molecule has 0 spiro atoms. The van der Waals surface area contributed by atoms with Crippen LogP contribution in [0.25, 0.3) is 10.9 Å². The maximum atomic E-state index is 14.1. The summed E-state index contributed by atoms with van der Waals surface area (Å²) in [4.78, 5) is 60.5. The molecule has 0 aliphatic carbocycles. The van der Waals surface area contributed by atoms with E-state index < -0.39 is 44.2 Å². The average molecular weight is 1060 g/mol. The third-order valence-electron chi connectivity index (χ3n) is 14.5. The standard InChI is InChI=1S/C60H74N4O11Si/c1-59(2,3)74-58(68)64(38-52(75-76(7,8)60(4,5)6)47-25-28-49(55-48(47)26-29-53(65)61-55)71-39-41-18-11-9-12-19-41)32-15-16-35-69-56(66)50-27-24-46(72-50)40-70-45-23-17-22-44(36-45)54(43-20-13-10-14-21-43)62-57(67)73-51-37-63-33-30-42(51)31-34-63/h9-14,17-29,36,42,51-52,54H,15-16,30-35,37-40H2,1-8H3,(H,61,65)(H,62,67)/t51?,52-,54?/m0/s1. The number of nitrogens with zero attached hydrogens (tertiary/aromatic N) is 2. The summed E-state index contributed by atoms with van der Waals surface area (Å²) in [6.07, 6.45) is 1.33. The van der Waals surface area contributed by atoms with Gasteiger partial charge in [0.1, 0.15) is 42.2 Å². The van der Waals surface area contributed by atoms with Crippen molar-refractivity contribution in [3.05, 3.63) is 165 Å². The Labute approximate surface area is 447 Å². The molecule has 4 aromatic carbocycles. The lowest BCUT2D eigenvalue weighted by atomic mass is 9.86. The van der Waals surface area contributed by atoms with Crippen LogP contribution in [-0.4, -0.2) is 92.3 Å². The number of ether oxygens (including phenoxy) is 5. The highest BCUT2D eigenvalue weighted by atomic mass is 28.4. The lowest BCUT2D eigenvalue weighted by Gasteiger charge is -2.43. The van der Waals surface area contributed by atoms with Crippen LogP contribution in [0.3, 0.4) is 0 Å². The Balaban J connectivity index is 0.889. The van der Waals surface area contributed by atoms with E-state index in [1.54, 1.807) is 23.1 Å².